The Balaban J connectivity index is 2.40. The van der Waals surface area contributed by atoms with Crippen molar-refractivity contribution in [3.05, 3.63) is 47.9 Å². The number of anilines is 1. The molecule has 0 aliphatic heterocycles. The maximum atomic E-state index is 12.8. The lowest BCUT2D eigenvalue weighted by Gasteiger charge is -2.06. The van der Waals surface area contributed by atoms with Crippen molar-refractivity contribution in [1.82, 2.24) is 4.98 Å². The lowest BCUT2D eigenvalue weighted by molar-refractivity contribution is -0.136. The predicted octanol–water partition coefficient (Wildman–Crippen LogP) is 2.10. The summed E-state index contributed by atoms with van der Waals surface area (Å²) in [6.07, 6.45) is 1.35. The molecular weight excluding hydrogens is 235 g/mol. The zero-order valence-corrected chi connectivity index (χ0v) is 9.43. The summed E-state index contributed by atoms with van der Waals surface area (Å²) in [6, 6.07) is 7.54. The van der Waals surface area contributed by atoms with E-state index in [4.69, 9.17) is 10.8 Å². The van der Waals surface area contributed by atoms with Crippen LogP contribution in [-0.2, 0) is 11.2 Å². The molecule has 0 saturated heterocycles. The number of carboxylic acids is 1. The van der Waals surface area contributed by atoms with Gasteiger partial charge in [0.15, 0.2) is 0 Å². The molecule has 0 fully saturated rings. The van der Waals surface area contributed by atoms with Gasteiger partial charge in [0.25, 0.3) is 0 Å². The molecule has 4 nitrogen and oxygen atoms in total. The standard InChI is InChI=1S/C13H11FN2O2/c14-11-3-1-8(2-4-11)10-5-9(6-12(17)18)13(15)16-7-10/h1-5,7H,6H2,(H2,15,16)(H,17,18). The third-order valence-electron chi connectivity index (χ3n) is 2.52. The smallest absolute Gasteiger partial charge is 0.307 e. The average molecular weight is 246 g/mol. The zero-order valence-electron chi connectivity index (χ0n) is 9.43. The Labute approximate surface area is 103 Å². The van der Waals surface area contributed by atoms with Crippen LogP contribution in [0, 0.1) is 5.82 Å². The SMILES string of the molecule is Nc1ncc(-c2ccc(F)cc2)cc1CC(=O)O. The van der Waals surface area contributed by atoms with Crippen molar-refractivity contribution >= 4 is 11.8 Å². The number of aliphatic carboxylic acids is 1. The quantitative estimate of drug-likeness (QED) is 0.869. The summed E-state index contributed by atoms with van der Waals surface area (Å²) in [7, 11) is 0. The first-order valence-electron chi connectivity index (χ1n) is 5.28. The first kappa shape index (κ1) is 12.0. The van der Waals surface area contributed by atoms with E-state index in [2.05, 4.69) is 4.98 Å². The van der Waals surface area contributed by atoms with Gasteiger partial charge in [0, 0.05) is 17.3 Å². The normalized spacial score (nSPS) is 10.3. The number of pyridine rings is 1. The molecule has 0 unspecified atom stereocenters. The van der Waals surface area contributed by atoms with Crippen LogP contribution in [-0.4, -0.2) is 16.1 Å². The van der Waals surface area contributed by atoms with Crippen LogP contribution in [0.3, 0.4) is 0 Å². The molecule has 0 atom stereocenters. The van der Waals surface area contributed by atoms with Crippen molar-refractivity contribution in [2.75, 3.05) is 5.73 Å². The number of nitrogens with zero attached hydrogens (tertiary/aromatic N) is 1. The molecule has 0 amide bonds. The van der Waals surface area contributed by atoms with E-state index in [1.54, 1.807) is 18.2 Å². The molecule has 0 spiro atoms. The van der Waals surface area contributed by atoms with Gasteiger partial charge in [-0.15, -0.1) is 0 Å². The van der Waals surface area contributed by atoms with Crippen LogP contribution in [0.4, 0.5) is 10.2 Å². The van der Waals surface area contributed by atoms with Gasteiger partial charge in [0.2, 0.25) is 0 Å². The van der Waals surface area contributed by atoms with Crippen LogP contribution in [0.1, 0.15) is 5.56 Å². The molecule has 1 heterocycles. The number of hydrogen-bond donors (Lipinski definition) is 2. The molecule has 0 aliphatic carbocycles. The Morgan fingerprint density at radius 2 is 1.94 bits per heavy atom. The highest BCUT2D eigenvalue weighted by molar-refractivity contribution is 5.74. The third kappa shape index (κ3) is 2.63. The van der Waals surface area contributed by atoms with E-state index >= 15 is 0 Å². The number of nitrogens with two attached hydrogens (primary N) is 1. The summed E-state index contributed by atoms with van der Waals surface area (Å²) >= 11 is 0. The van der Waals surface area contributed by atoms with E-state index in [1.165, 1.54) is 18.3 Å². The first-order valence-corrected chi connectivity index (χ1v) is 5.28. The lowest BCUT2D eigenvalue weighted by atomic mass is 10.0. The Bertz CT molecular complexity index is 582. The number of hydrogen-bond acceptors (Lipinski definition) is 3. The van der Waals surface area contributed by atoms with Gasteiger partial charge in [-0.2, -0.15) is 0 Å². The van der Waals surface area contributed by atoms with Gasteiger partial charge in [-0.1, -0.05) is 12.1 Å². The second kappa shape index (κ2) is 4.83. The number of nitrogen functional groups attached to an aromatic ring is 1. The molecule has 0 saturated carbocycles. The number of benzene rings is 1. The Hall–Kier alpha value is -2.43. The van der Waals surface area contributed by atoms with Gasteiger partial charge < -0.3 is 10.8 Å². The monoisotopic (exact) mass is 246 g/mol. The third-order valence-corrected chi connectivity index (χ3v) is 2.52. The highest BCUT2D eigenvalue weighted by atomic mass is 19.1. The lowest BCUT2D eigenvalue weighted by Crippen LogP contribution is -2.05. The van der Waals surface area contributed by atoms with Crippen molar-refractivity contribution in [1.29, 1.82) is 0 Å². The molecule has 1 aromatic carbocycles. The number of carboxylic acid groups (broad SMARTS) is 1. The van der Waals surface area contributed by atoms with Crippen molar-refractivity contribution in [3.8, 4) is 11.1 Å². The molecule has 2 rings (SSSR count). The van der Waals surface area contributed by atoms with Crippen molar-refractivity contribution < 1.29 is 14.3 Å². The maximum Gasteiger partial charge on any atom is 0.307 e. The van der Waals surface area contributed by atoms with Crippen LogP contribution in [0.2, 0.25) is 0 Å². The summed E-state index contributed by atoms with van der Waals surface area (Å²) in [5, 5.41) is 8.76. The first-order chi connectivity index (χ1) is 8.56. The van der Waals surface area contributed by atoms with E-state index in [9.17, 15) is 9.18 Å². The summed E-state index contributed by atoms with van der Waals surface area (Å²) in [5.74, 6) is -1.10. The minimum absolute atomic E-state index is 0.187. The Morgan fingerprint density at radius 3 is 2.56 bits per heavy atom. The van der Waals surface area contributed by atoms with E-state index < -0.39 is 5.97 Å². The number of rotatable bonds is 3. The summed E-state index contributed by atoms with van der Waals surface area (Å²) in [6.45, 7) is 0. The van der Waals surface area contributed by atoms with Crippen molar-refractivity contribution in [2.24, 2.45) is 0 Å². The van der Waals surface area contributed by atoms with Crippen LogP contribution in [0.5, 0.6) is 0 Å². The highest BCUT2D eigenvalue weighted by Crippen LogP contribution is 2.22. The predicted molar refractivity (Wildman–Crippen MR) is 65.4 cm³/mol. The second-order valence-corrected chi connectivity index (χ2v) is 3.85. The van der Waals surface area contributed by atoms with Crippen molar-refractivity contribution in [2.45, 2.75) is 6.42 Å². The van der Waals surface area contributed by atoms with Gasteiger partial charge in [-0.05, 0) is 23.8 Å². The molecule has 3 N–H and O–H groups in total. The fourth-order valence-electron chi connectivity index (χ4n) is 1.63. The molecule has 0 aliphatic rings. The largest absolute Gasteiger partial charge is 0.481 e. The molecule has 1 aromatic heterocycles. The van der Waals surface area contributed by atoms with Crippen LogP contribution < -0.4 is 5.73 Å². The topological polar surface area (TPSA) is 76.2 Å². The summed E-state index contributed by atoms with van der Waals surface area (Å²) in [4.78, 5) is 14.6. The minimum atomic E-state index is -0.972. The van der Waals surface area contributed by atoms with Crippen molar-refractivity contribution in [3.63, 3.8) is 0 Å². The van der Waals surface area contributed by atoms with E-state index in [1.807, 2.05) is 0 Å². The Kier molecular flexibility index (Phi) is 3.23. The van der Waals surface area contributed by atoms with Gasteiger partial charge in [0.1, 0.15) is 11.6 Å². The average Bonchev–Trinajstić information content (AvgIpc) is 2.32. The van der Waals surface area contributed by atoms with Gasteiger partial charge in [0.05, 0.1) is 6.42 Å². The molecule has 0 bridgehead atoms. The van der Waals surface area contributed by atoms with E-state index in [0.29, 0.717) is 11.1 Å². The van der Waals surface area contributed by atoms with Gasteiger partial charge in [-0.25, -0.2) is 9.37 Å². The fraction of sp³-hybridized carbons (Fsp3) is 0.0769. The summed E-state index contributed by atoms with van der Waals surface area (Å²) < 4.78 is 12.8. The molecular formula is C13H11FN2O2. The highest BCUT2D eigenvalue weighted by Gasteiger charge is 2.08. The van der Waals surface area contributed by atoms with E-state index in [0.717, 1.165) is 5.56 Å². The molecule has 92 valence electrons. The fourth-order valence-corrected chi connectivity index (χ4v) is 1.63. The zero-order chi connectivity index (χ0) is 13.1. The minimum Gasteiger partial charge on any atom is -0.481 e. The van der Waals surface area contributed by atoms with Gasteiger partial charge >= 0.3 is 5.97 Å². The number of halogens is 1. The Morgan fingerprint density at radius 1 is 1.28 bits per heavy atom. The van der Waals surface area contributed by atoms with E-state index in [-0.39, 0.29) is 18.1 Å². The van der Waals surface area contributed by atoms with Crippen LogP contribution >= 0.6 is 0 Å². The number of carbonyl (C=O) groups is 1. The van der Waals surface area contributed by atoms with Crippen LogP contribution in [0.25, 0.3) is 11.1 Å². The summed E-state index contributed by atoms with van der Waals surface area (Å²) in [5.41, 5.74) is 7.52. The molecule has 18 heavy (non-hydrogen) atoms. The molecule has 5 heteroatoms. The van der Waals surface area contributed by atoms with Gasteiger partial charge in [-0.3, -0.25) is 4.79 Å². The molecule has 2 aromatic rings. The second-order valence-electron chi connectivity index (χ2n) is 3.85. The molecule has 0 radical (unpaired) electrons. The maximum absolute atomic E-state index is 12.8. The van der Waals surface area contributed by atoms with Crippen LogP contribution in [0.15, 0.2) is 36.5 Å². The number of aromatic nitrogens is 1.